The number of nitrogens with one attached hydrogen (secondary N) is 2. The van der Waals surface area contributed by atoms with E-state index in [4.69, 9.17) is 14.7 Å². The van der Waals surface area contributed by atoms with Crippen LogP contribution in [0.5, 0.6) is 5.75 Å². The third-order valence-corrected chi connectivity index (χ3v) is 9.57. The number of halogens is 1. The third-order valence-electron chi connectivity index (χ3n) is 9.38. The second-order valence-electron chi connectivity index (χ2n) is 12.8. The van der Waals surface area contributed by atoms with Gasteiger partial charge in [0.1, 0.15) is 5.75 Å². The third kappa shape index (κ3) is 5.97. The molecular formula is C46H33BrN4O. The minimum absolute atomic E-state index is 0.0991. The van der Waals surface area contributed by atoms with Gasteiger partial charge in [-0.15, -0.1) is 0 Å². The highest BCUT2D eigenvalue weighted by Crippen LogP contribution is 2.38. The summed E-state index contributed by atoms with van der Waals surface area (Å²) in [6, 6.07) is 48.2. The van der Waals surface area contributed by atoms with Crippen LogP contribution in [0, 0.1) is 0 Å². The molecule has 6 heteroatoms. The molecule has 2 aliphatic heterocycles. The van der Waals surface area contributed by atoms with Crippen LogP contribution in [0.1, 0.15) is 29.7 Å². The normalized spacial score (nSPS) is 12.6. The Morgan fingerprint density at radius 1 is 0.423 bits per heavy atom. The molecule has 4 aromatic carbocycles. The van der Waals surface area contributed by atoms with Crippen LogP contribution < -0.4 is 4.74 Å². The number of aromatic amines is 2. The Bertz CT molecular complexity index is 2620. The van der Waals surface area contributed by atoms with Crippen molar-refractivity contribution in [1.82, 2.24) is 19.9 Å². The van der Waals surface area contributed by atoms with Gasteiger partial charge in [0.25, 0.3) is 0 Å². The molecule has 1 unspecified atom stereocenters. The SMILES string of the molecule is CC(Br)Oc1ccc(-c2c3nc(c(-c4ccccc4)c4ccc([nH]4)c(-c4ccccc4)c4nc(c(-c5ccccc5)c5ccc2[nH]5)C=C4)C=C3)cc1. The summed E-state index contributed by atoms with van der Waals surface area (Å²) in [7, 11) is 0. The molecule has 0 fully saturated rings. The summed E-state index contributed by atoms with van der Waals surface area (Å²) in [6.07, 6.45) is 8.50. The average molecular weight is 738 g/mol. The van der Waals surface area contributed by atoms with E-state index in [1.54, 1.807) is 0 Å². The van der Waals surface area contributed by atoms with E-state index in [9.17, 15) is 0 Å². The first kappa shape index (κ1) is 31.7. The summed E-state index contributed by atoms with van der Waals surface area (Å²) >= 11 is 3.50. The molecule has 2 N–H and O–H groups in total. The van der Waals surface area contributed by atoms with E-state index in [2.05, 4.69) is 159 Å². The van der Waals surface area contributed by atoms with E-state index < -0.39 is 0 Å². The summed E-state index contributed by atoms with van der Waals surface area (Å²) < 4.78 is 5.93. The monoisotopic (exact) mass is 736 g/mol. The van der Waals surface area contributed by atoms with E-state index in [1.807, 2.05) is 37.3 Å². The Morgan fingerprint density at radius 2 is 0.731 bits per heavy atom. The fourth-order valence-corrected chi connectivity index (χ4v) is 7.34. The zero-order chi connectivity index (χ0) is 35.0. The van der Waals surface area contributed by atoms with Crippen molar-refractivity contribution in [2.45, 2.75) is 11.9 Å². The predicted molar refractivity (Wildman–Crippen MR) is 220 cm³/mol. The average Bonchev–Trinajstić information content (AvgIpc) is 4.01. The Hall–Kier alpha value is -6.24. The minimum Gasteiger partial charge on any atom is -0.480 e. The molecule has 2 aliphatic rings. The van der Waals surface area contributed by atoms with Gasteiger partial charge < -0.3 is 14.7 Å². The molecule has 0 saturated heterocycles. The number of hydrogen-bond acceptors (Lipinski definition) is 3. The van der Waals surface area contributed by atoms with Gasteiger partial charge in [0.2, 0.25) is 0 Å². The lowest BCUT2D eigenvalue weighted by atomic mass is 10.0. The maximum Gasteiger partial charge on any atom is 0.150 e. The Balaban J connectivity index is 1.44. The second-order valence-corrected chi connectivity index (χ2v) is 14.1. The lowest BCUT2D eigenvalue weighted by Gasteiger charge is -2.10. The quantitative estimate of drug-likeness (QED) is 0.167. The number of aromatic nitrogens is 4. The summed E-state index contributed by atoms with van der Waals surface area (Å²) in [5.74, 6) is 0.789. The largest absolute Gasteiger partial charge is 0.480 e. The van der Waals surface area contributed by atoms with Crippen LogP contribution in [0.15, 0.2) is 140 Å². The van der Waals surface area contributed by atoms with Crippen LogP contribution in [0.4, 0.5) is 0 Å². The zero-order valence-corrected chi connectivity index (χ0v) is 29.9. The smallest absolute Gasteiger partial charge is 0.150 e. The fourth-order valence-electron chi connectivity index (χ4n) is 7.12. The van der Waals surface area contributed by atoms with Crippen molar-refractivity contribution in [3.63, 3.8) is 0 Å². The van der Waals surface area contributed by atoms with Crippen molar-refractivity contribution in [3.05, 3.63) is 162 Å². The highest BCUT2D eigenvalue weighted by molar-refractivity contribution is 9.09. The Labute approximate surface area is 310 Å². The summed E-state index contributed by atoms with van der Waals surface area (Å²) in [6.45, 7) is 1.96. The number of fused-ring (bicyclic) bond motifs is 8. The number of nitrogens with zero attached hydrogens (tertiary/aromatic N) is 2. The van der Waals surface area contributed by atoms with Crippen LogP contribution >= 0.6 is 15.9 Å². The topological polar surface area (TPSA) is 66.6 Å². The van der Waals surface area contributed by atoms with Crippen molar-refractivity contribution in [2.75, 3.05) is 0 Å². The van der Waals surface area contributed by atoms with Gasteiger partial charge in [-0.1, -0.05) is 103 Å². The summed E-state index contributed by atoms with van der Waals surface area (Å²) in [4.78, 5) is 18.4. The van der Waals surface area contributed by atoms with E-state index in [0.717, 1.165) is 95.1 Å². The van der Waals surface area contributed by atoms with Crippen molar-refractivity contribution >= 4 is 62.3 Å². The molecule has 52 heavy (non-hydrogen) atoms. The molecule has 0 aliphatic carbocycles. The van der Waals surface area contributed by atoms with Gasteiger partial charge in [0.15, 0.2) is 5.01 Å². The first-order chi connectivity index (χ1) is 25.6. The van der Waals surface area contributed by atoms with Gasteiger partial charge in [-0.2, -0.15) is 0 Å². The summed E-state index contributed by atoms with van der Waals surface area (Å²) in [5, 5.41) is -0.0991. The van der Waals surface area contributed by atoms with Gasteiger partial charge in [-0.05, 0) is 106 Å². The molecule has 9 rings (SSSR count). The van der Waals surface area contributed by atoms with Crippen LogP contribution in [-0.4, -0.2) is 24.9 Å². The Morgan fingerprint density at radius 3 is 1.04 bits per heavy atom. The molecule has 0 saturated carbocycles. The molecule has 7 aromatic rings. The second kappa shape index (κ2) is 13.5. The van der Waals surface area contributed by atoms with E-state index in [0.29, 0.717) is 0 Å². The standard InChI is InChI=1S/C46H33BrN4O/c1-29(47)52-34-19-17-33(18-20-34)46-41-27-25-39(50-41)44(31-13-7-3-8-14-31)37-23-21-35(48-37)43(30-11-5-2-6-12-30)36-22-24-38(49-36)45(32-15-9-4-10-16-32)40-26-28-42(46)51-40/h2-29,48,51H,1H3. The first-order valence-electron chi connectivity index (χ1n) is 17.3. The molecule has 5 heterocycles. The number of hydrogen-bond donors (Lipinski definition) is 2. The molecule has 0 amide bonds. The molecular weight excluding hydrogens is 704 g/mol. The number of ether oxygens (including phenoxy) is 1. The first-order valence-corrected chi connectivity index (χ1v) is 18.2. The maximum atomic E-state index is 5.93. The molecule has 0 radical (unpaired) electrons. The molecule has 8 bridgehead atoms. The highest BCUT2D eigenvalue weighted by atomic mass is 79.9. The van der Waals surface area contributed by atoms with Crippen molar-refractivity contribution in [1.29, 1.82) is 0 Å². The summed E-state index contributed by atoms with van der Waals surface area (Å²) in [5.41, 5.74) is 15.7. The maximum absolute atomic E-state index is 5.93. The fraction of sp³-hybridized carbons (Fsp3) is 0.0435. The van der Waals surface area contributed by atoms with Crippen molar-refractivity contribution in [3.8, 4) is 50.3 Å². The van der Waals surface area contributed by atoms with Gasteiger partial charge in [0, 0.05) is 44.3 Å². The number of alkyl halides is 1. The Kier molecular flexibility index (Phi) is 8.22. The van der Waals surface area contributed by atoms with Crippen molar-refractivity contribution in [2.24, 2.45) is 0 Å². The number of H-pyrrole nitrogens is 2. The zero-order valence-electron chi connectivity index (χ0n) is 28.3. The van der Waals surface area contributed by atoms with Crippen molar-refractivity contribution < 1.29 is 4.74 Å². The molecule has 0 spiro atoms. The van der Waals surface area contributed by atoms with Crippen LogP contribution in [-0.2, 0) is 0 Å². The molecule has 1 atom stereocenters. The van der Waals surface area contributed by atoms with Gasteiger partial charge in [-0.3, -0.25) is 0 Å². The van der Waals surface area contributed by atoms with E-state index >= 15 is 0 Å². The van der Waals surface area contributed by atoms with Gasteiger partial charge in [-0.25, -0.2) is 9.97 Å². The van der Waals surface area contributed by atoms with Gasteiger partial charge >= 0.3 is 0 Å². The number of rotatable bonds is 6. The predicted octanol–water partition coefficient (Wildman–Crippen LogP) is 12.4. The molecule has 250 valence electrons. The number of benzene rings is 4. The lowest BCUT2D eigenvalue weighted by Crippen LogP contribution is -2.01. The highest BCUT2D eigenvalue weighted by Gasteiger charge is 2.19. The van der Waals surface area contributed by atoms with E-state index in [1.165, 1.54) is 0 Å². The minimum atomic E-state index is -0.0991. The lowest BCUT2D eigenvalue weighted by molar-refractivity contribution is 0.314. The molecule has 5 nitrogen and oxygen atoms in total. The van der Waals surface area contributed by atoms with Gasteiger partial charge in [0.05, 0.1) is 22.8 Å². The molecule has 3 aromatic heterocycles. The van der Waals surface area contributed by atoms with Crippen LogP contribution in [0.2, 0.25) is 0 Å². The van der Waals surface area contributed by atoms with Crippen LogP contribution in [0.25, 0.3) is 90.9 Å². The van der Waals surface area contributed by atoms with Crippen LogP contribution in [0.3, 0.4) is 0 Å². The van der Waals surface area contributed by atoms with E-state index in [-0.39, 0.29) is 5.01 Å².